The van der Waals surface area contributed by atoms with E-state index < -0.39 is 0 Å². The summed E-state index contributed by atoms with van der Waals surface area (Å²) in [6.45, 7) is 9.29. The number of hydrogen-bond donors (Lipinski definition) is 1. The molecule has 1 heterocycles. The number of nitrogens with one attached hydrogen (secondary N) is 1. The zero-order valence-corrected chi connectivity index (χ0v) is 18.6. The van der Waals surface area contributed by atoms with E-state index in [-0.39, 0.29) is 17.1 Å². The maximum atomic E-state index is 12.2. The first kappa shape index (κ1) is 21.8. The molecule has 156 valence electrons. The highest BCUT2D eigenvalue weighted by Crippen LogP contribution is 2.24. The number of nitrogens with zero attached hydrogens (tertiary/aromatic N) is 4. The fourth-order valence-corrected chi connectivity index (χ4v) is 3.69. The summed E-state index contributed by atoms with van der Waals surface area (Å²) < 4.78 is 2.01. The Morgan fingerprint density at radius 2 is 1.80 bits per heavy atom. The average Bonchev–Trinajstić information content (AvgIpc) is 3.15. The second-order valence-electron chi connectivity index (χ2n) is 7.87. The number of hydrazone groups is 1. The summed E-state index contributed by atoms with van der Waals surface area (Å²) in [5, 5.41) is 13.3. The van der Waals surface area contributed by atoms with E-state index in [0.717, 1.165) is 23.5 Å². The van der Waals surface area contributed by atoms with Crippen molar-refractivity contribution in [3.8, 4) is 11.4 Å². The molecular formula is C23H27N5OS. The van der Waals surface area contributed by atoms with E-state index in [1.54, 1.807) is 6.21 Å². The minimum absolute atomic E-state index is 0.112. The molecule has 0 saturated heterocycles. The summed E-state index contributed by atoms with van der Waals surface area (Å²) in [5.74, 6) is 0.833. The van der Waals surface area contributed by atoms with Gasteiger partial charge >= 0.3 is 0 Å². The van der Waals surface area contributed by atoms with Crippen LogP contribution in [0.5, 0.6) is 0 Å². The summed E-state index contributed by atoms with van der Waals surface area (Å²) in [5.41, 5.74) is 5.89. The van der Waals surface area contributed by atoms with Gasteiger partial charge in [0.15, 0.2) is 11.0 Å². The highest BCUT2D eigenvalue weighted by Gasteiger charge is 2.14. The van der Waals surface area contributed by atoms with Crippen LogP contribution in [0.4, 0.5) is 0 Å². The summed E-state index contributed by atoms with van der Waals surface area (Å²) in [6, 6.07) is 18.1. The normalized spacial score (nSPS) is 11.7. The summed E-state index contributed by atoms with van der Waals surface area (Å²) in [6.07, 6.45) is 1.65. The molecule has 0 bridgehead atoms. The molecule has 1 N–H and O–H groups in total. The van der Waals surface area contributed by atoms with Crippen molar-refractivity contribution in [2.45, 2.75) is 44.8 Å². The Hall–Kier alpha value is -2.93. The fourth-order valence-electron chi connectivity index (χ4n) is 2.89. The Bertz CT molecular complexity index is 1000. The van der Waals surface area contributed by atoms with E-state index in [1.807, 2.05) is 54.0 Å². The van der Waals surface area contributed by atoms with E-state index >= 15 is 0 Å². The number of carbonyl (C=O) groups is 1. The van der Waals surface area contributed by atoms with Crippen molar-refractivity contribution in [3.05, 3.63) is 65.7 Å². The number of aromatic nitrogens is 3. The average molecular weight is 422 g/mol. The summed E-state index contributed by atoms with van der Waals surface area (Å²) in [4.78, 5) is 12.2. The molecule has 1 aromatic heterocycles. The summed E-state index contributed by atoms with van der Waals surface area (Å²) >= 11 is 1.35. The van der Waals surface area contributed by atoms with Crippen molar-refractivity contribution >= 4 is 23.9 Å². The number of benzene rings is 2. The molecule has 0 fully saturated rings. The van der Waals surface area contributed by atoms with Crippen molar-refractivity contribution in [2.75, 3.05) is 5.75 Å². The van der Waals surface area contributed by atoms with Gasteiger partial charge in [0.25, 0.3) is 5.91 Å². The Balaban J connectivity index is 1.55. The lowest BCUT2D eigenvalue weighted by Crippen LogP contribution is -2.20. The zero-order valence-electron chi connectivity index (χ0n) is 17.8. The van der Waals surface area contributed by atoms with E-state index in [0.29, 0.717) is 5.16 Å². The SMILES string of the molecule is CCn1c(SCC(=O)NN=Cc2ccc(C(C)(C)C)cc2)nnc1-c1ccccc1. The first-order valence-electron chi connectivity index (χ1n) is 9.92. The van der Waals surface area contributed by atoms with E-state index in [2.05, 4.69) is 53.6 Å². The molecular weight excluding hydrogens is 394 g/mol. The number of hydrogen-bond acceptors (Lipinski definition) is 5. The van der Waals surface area contributed by atoms with Crippen molar-refractivity contribution in [1.82, 2.24) is 20.2 Å². The molecule has 0 aliphatic heterocycles. The zero-order chi connectivity index (χ0) is 21.6. The van der Waals surface area contributed by atoms with Gasteiger partial charge in [-0.05, 0) is 23.5 Å². The van der Waals surface area contributed by atoms with Crippen LogP contribution in [0.2, 0.25) is 0 Å². The van der Waals surface area contributed by atoms with Crippen LogP contribution in [-0.2, 0) is 16.8 Å². The van der Waals surface area contributed by atoms with E-state index in [1.165, 1.54) is 17.3 Å². The molecule has 3 aromatic rings. The Kier molecular flexibility index (Phi) is 7.05. The van der Waals surface area contributed by atoms with Crippen molar-refractivity contribution < 1.29 is 4.79 Å². The van der Waals surface area contributed by atoms with Crippen molar-refractivity contribution in [3.63, 3.8) is 0 Å². The second-order valence-corrected chi connectivity index (χ2v) is 8.81. The van der Waals surface area contributed by atoms with E-state index in [4.69, 9.17) is 0 Å². The lowest BCUT2D eigenvalue weighted by molar-refractivity contribution is -0.118. The Labute approximate surface area is 181 Å². The third-order valence-electron chi connectivity index (χ3n) is 4.58. The number of rotatable bonds is 7. The van der Waals surface area contributed by atoms with Crippen LogP contribution in [0.25, 0.3) is 11.4 Å². The van der Waals surface area contributed by atoms with Crippen LogP contribution in [0.15, 0.2) is 64.9 Å². The molecule has 6 nitrogen and oxygen atoms in total. The predicted octanol–water partition coefficient (Wildman–Crippen LogP) is 4.50. The van der Waals surface area contributed by atoms with Crippen LogP contribution >= 0.6 is 11.8 Å². The van der Waals surface area contributed by atoms with Gasteiger partial charge in [-0.15, -0.1) is 10.2 Å². The third-order valence-corrected chi connectivity index (χ3v) is 5.54. The number of carbonyl (C=O) groups excluding carboxylic acids is 1. The van der Waals surface area contributed by atoms with Crippen LogP contribution in [0, 0.1) is 0 Å². The maximum absolute atomic E-state index is 12.2. The van der Waals surface area contributed by atoms with Crippen molar-refractivity contribution in [1.29, 1.82) is 0 Å². The van der Waals surface area contributed by atoms with Gasteiger partial charge in [-0.25, -0.2) is 5.43 Å². The van der Waals surface area contributed by atoms with Crippen LogP contribution in [0.1, 0.15) is 38.8 Å². The van der Waals surface area contributed by atoms with Gasteiger partial charge in [-0.3, -0.25) is 4.79 Å². The fraction of sp³-hybridized carbons (Fsp3) is 0.304. The molecule has 0 radical (unpaired) electrons. The van der Waals surface area contributed by atoms with Gasteiger partial charge in [0.1, 0.15) is 0 Å². The molecule has 30 heavy (non-hydrogen) atoms. The lowest BCUT2D eigenvalue weighted by atomic mass is 9.87. The first-order valence-corrected chi connectivity index (χ1v) is 10.9. The molecule has 0 aliphatic rings. The van der Waals surface area contributed by atoms with Crippen LogP contribution in [0.3, 0.4) is 0 Å². The quantitative estimate of drug-likeness (QED) is 0.346. The molecule has 1 amide bonds. The van der Waals surface area contributed by atoms with Gasteiger partial charge < -0.3 is 4.57 Å². The number of thioether (sulfide) groups is 1. The highest BCUT2D eigenvalue weighted by atomic mass is 32.2. The third kappa shape index (κ3) is 5.57. The second kappa shape index (κ2) is 9.71. The van der Waals surface area contributed by atoms with Gasteiger partial charge in [0.2, 0.25) is 0 Å². The molecule has 0 atom stereocenters. The minimum Gasteiger partial charge on any atom is -0.302 e. The van der Waals surface area contributed by atoms with Gasteiger partial charge in [0, 0.05) is 12.1 Å². The smallest absolute Gasteiger partial charge is 0.250 e. The largest absolute Gasteiger partial charge is 0.302 e. The monoisotopic (exact) mass is 421 g/mol. The summed E-state index contributed by atoms with van der Waals surface area (Å²) in [7, 11) is 0. The van der Waals surface area contributed by atoms with Gasteiger partial charge in [0.05, 0.1) is 12.0 Å². The maximum Gasteiger partial charge on any atom is 0.250 e. The molecule has 3 rings (SSSR count). The molecule has 2 aromatic carbocycles. The molecule has 0 saturated carbocycles. The first-order chi connectivity index (χ1) is 14.4. The lowest BCUT2D eigenvalue weighted by Gasteiger charge is -2.18. The number of amides is 1. The minimum atomic E-state index is -0.186. The Morgan fingerprint density at radius 3 is 2.43 bits per heavy atom. The van der Waals surface area contributed by atoms with Crippen LogP contribution < -0.4 is 5.43 Å². The van der Waals surface area contributed by atoms with Gasteiger partial charge in [-0.2, -0.15) is 5.10 Å². The highest BCUT2D eigenvalue weighted by molar-refractivity contribution is 7.99. The predicted molar refractivity (Wildman–Crippen MR) is 123 cm³/mol. The van der Waals surface area contributed by atoms with Crippen molar-refractivity contribution in [2.24, 2.45) is 5.10 Å². The topological polar surface area (TPSA) is 72.2 Å². The molecule has 0 aliphatic carbocycles. The van der Waals surface area contributed by atoms with Gasteiger partial charge in [-0.1, -0.05) is 87.1 Å². The molecule has 7 heteroatoms. The standard InChI is InChI=1S/C23H27N5OS/c1-5-28-21(18-9-7-6-8-10-18)26-27-22(28)30-16-20(29)25-24-15-17-11-13-19(14-12-17)23(2,3)4/h6-15H,5,16H2,1-4H3,(H,25,29). The Morgan fingerprint density at radius 1 is 1.10 bits per heavy atom. The molecule has 0 spiro atoms. The van der Waals surface area contributed by atoms with E-state index in [9.17, 15) is 4.79 Å². The van der Waals surface area contributed by atoms with Crippen LogP contribution in [-0.4, -0.2) is 32.6 Å². The molecule has 0 unspecified atom stereocenters.